The van der Waals surface area contributed by atoms with E-state index in [4.69, 9.17) is 0 Å². The van der Waals surface area contributed by atoms with E-state index in [1.165, 1.54) is 6.08 Å². The largest absolute Gasteiger partial charge is 0.368 e. The van der Waals surface area contributed by atoms with Crippen molar-refractivity contribution in [1.29, 1.82) is 0 Å². The number of anilines is 2. The Morgan fingerprint density at radius 1 is 1.38 bits per heavy atom. The molecule has 1 heterocycles. The number of hydrogen-bond acceptors (Lipinski definition) is 2. The van der Waals surface area contributed by atoms with Gasteiger partial charge in [0.2, 0.25) is 0 Å². The third kappa shape index (κ3) is 1.69. The van der Waals surface area contributed by atoms with Gasteiger partial charge >= 0.3 is 0 Å². The van der Waals surface area contributed by atoms with Crippen LogP contribution in [0.1, 0.15) is 6.92 Å². The standard InChI is InChI=1S/C13H16N2O/c1-3-13(16)15-10-9-14(4-2)11-7-5-6-8-12(11)15/h3,5-8H,1,4,9-10H2,2H3. The average molecular weight is 216 g/mol. The van der Waals surface area contributed by atoms with Gasteiger partial charge < -0.3 is 9.80 Å². The highest BCUT2D eigenvalue weighted by Crippen LogP contribution is 2.32. The van der Waals surface area contributed by atoms with Crippen molar-refractivity contribution in [1.82, 2.24) is 0 Å². The van der Waals surface area contributed by atoms with Gasteiger partial charge in [-0.2, -0.15) is 0 Å². The highest BCUT2D eigenvalue weighted by molar-refractivity contribution is 6.04. The van der Waals surface area contributed by atoms with E-state index in [-0.39, 0.29) is 5.91 Å². The molecule has 0 unspecified atom stereocenters. The fourth-order valence-electron chi connectivity index (χ4n) is 2.09. The summed E-state index contributed by atoms with van der Waals surface area (Å²) in [7, 11) is 0. The van der Waals surface area contributed by atoms with Crippen LogP contribution >= 0.6 is 0 Å². The molecule has 0 N–H and O–H groups in total. The van der Waals surface area contributed by atoms with Crippen LogP contribution in [0.15, 0.2) is 36.9 Å². The first-order chi connectivity index (χ1) is 7.77. The van der Waals surface area contributed by atoms with E-state index in [9.17, 15) is 4.79 Å². The van der Waals surface area contributed by atoms with Crippen LogP contribution in [-0.4, -0.2) is 25.5 Å². The van der Waals surface area contributed by atoms with E-state index in [0.717, 1.165) is 31.0 Å². The fraction of sp³-hybridized carbons (Fsp3) is 0.308. The molecule has 3 heteroatoms. The van der Waals surface area contributed by atoms with Crippen LogP contribution in [0.25, 0.3) is 0 Å². The zero-order chi connectivity index (χ0) is 11.5. The molecule has 84 valence electrons. The van der Waals surface area contributed by atoms with Crippen LogP contribution in [-0.2, 0) is 4.79 Å². The van der Waals surface area contributed by atoms with Crippen molar-refractivity contribution in [2.75, 3.05) is 29.4 Å². The highest BCUT2D eigenvalue weighted by Gasteiger charge is 2.23. The normalized spacial score (nSPS) is 14.6. The number of fused-ring (bicyclic) bond motifs is 1. The smallest absolute Gasteiger partial charge is 0.250 e. The first-order valence-electron chi connectivity index (χ1n) is 5.56. The summed E-state index contributed by atoms with van der Waals surface area (Å²) in [4.78, 5) is 15.8. The second-order valence-electron chi connectivity index (χ2n) is 3.76. The van der Waals surface area contributed by atoms with Crippen LogP contribution in [0.2, 0.25) is 0 Å². The lowest BCUT2D eigenvalue weighted by atomic mass is 10.1. The predicted molar refractivity (Wildman–Crippen MR) is 66.9 cm³/mol. The number of nitrogens with zero attached hydrogens (tertiary/aromatic N) is 2. The Bertz CT molecular complexity index is 414. The van der Waals surface area contributed by atoms with Gasteiger partial charge in [0.05, 0.1) is 11.4 Å². The molecule has 0 aromatic heterocycles. The van der Waals surface area contributed by atoms with Gasteiger partial charge in [-0.1, -0.05) is 18.7 Å². The molecule has 1 aromatic carbocycles. The van der Waals surface area contributed by atoms with Crippen molar-refractivity contribution in [2.24, 2.45) is 0 Å². The van der Waals surface area contributed by atoms with Crippen molar-refractivity contribution < 1.29 is 4.79 Å². The molecule has 16 heavy (non-hydrogen) atoms. The van der Waals surface area contributed by atoms with Crippen LogP contribution in [0.3, 0.4) is 0 Å². The van der Waals surface area contributed by atoms with E-state index < -0.39 is 0 Å². The van der Waals surface area contributed by atoms with E-state index in [1.54, 1.807) is 4.90 Å². The summed E-state index contributed by atoms with van der Waals surface area (Å²) in [5.41, 5.74) is 2.12. The lowest BCUT2D eigenvalue weighted by Gasteiger charge is -2.36. The van der Waals surface area contributed by atoms with Gasteiger partial charge in [0, 0.05) is 19.6 Å². The fourth-order valence-corrected chi connectivity index (χ4v) is 2.09. The molecule has 0 bridgehead atoms. The molecule has 0 atom stereocenters. The molecular formula is C13H16N2O. The van der Waals surface area contributed by atoms with Gasteiger partial charge in [0.15, 0.2) is 0 Å². The number of likely N-dealkylation sites (N-methyl/N-ethyl adjacent to an activating group) is 1. The van der Waals surface area contributed by atoms with Crippen LogP contribution < -0.4 is 9.80 Å². The molecular weight excluding hydrogens is 200 g/mol. The second kappa shape index (κ2) is 4.39. The first-order valence-corrected chi connectivity index (χ1v) is 5.56. The predicted octanol–water partition coefficient (Wildman–Crippen LogP) is 2.05. The van der Waals surface area contributed by atoms with E-state index in [0.29, 0.717) is 0 Å². The maximum Gasteiger partial charge on any atom is 0.250 e. The van der Waals surface area contributed by atoms with Gasteiger partial charge in [-0.15, -0.1) is 0 Å². The van der Waals surface area contributed by atoms with Gasteiger partial charge in [0.1, 0.15) is 0 Å². The lowest BCUT2D eigenvalue weighted by Crippen LogP contribution is -2.43. The number of rotatable bonds is 2. The molecule has 0 saturated carbocycles. The lowest BCUT2D eigenvalue weighted by molar-refractivity contribution is -0.114. The number of para-hydroxylation sites is 2. The Morgan fingerprint density at radius 2 is 2.06 bits per heavy atom. The van der Waals surface area contributed by atoms with Crippen molar-refractivity contribution >= 4 is 17.3 Å². The van der Waals surface area contributed by atoms with Crippen molar-refractivity contribution in [3.8, 4) is 0 Å². The first kappa shape index (κ1) is 10.7. The molecule has 1 aromatic rings. The maximum absolute atomic E-state index is 11.7. The minimum atomic E-state index is -0.0248. The molecule has 2 rings (SSSR count). The third-order valence-electron chi connectivity index (χ3n) is 2.93. The number of carbonyl (C=O) groups is 1. The summed E-state index contributed by atoms with van der Waals surface area (Å²) in [5, 5.41) is 0. The van der Waals surface area contributed by atoms with E-state index in [1.807, 2.05) is 18.2 Å². The number of benzene rings is 1. The van der Waals surface area contributed by atoms with Crippen molar-refractivity contribution in [2.45, 2.75) is 6.92 Å². The Hall–Kier alpha value is -1.77. The van der Waals surface area contributed by atoms with Crippen molar-refractivity contribution in [3.05, 3.63) is 36.9 Å². The molecule has 0 aliphatic carbocycles. The highest BCUT2D eigenvalue weighted by atomic mass is 16.2. The molecule has 3 nitrogen and oxygen atoms in total. The van der Waals surface area contributed by atoms with Gasteiger partial charge in [-0.05, 0) is 25.1 Å². The minimum absolute atomic E-state index is 0.0248. The van der Waals surface area contributed by atoms with Gasteiger partial charge in [-0.25, -0.2) is 0 Å². The monoisotopic (exact) mass is 216 g/mol. The Kier molecular flexibility index (Phi) is 2.95. The summed E-state index contributed by atoms with van der Waals surface area (Å²) in [6.07, 6.45) is 1.37. The molecule has 1 aliphatic rings. The molecule has 0 saturated heterocycles. The Labute approximate surface area is 96.0 Å². The molecule has 0 fully saturated rings. The number of hydrogen-bond donors (Lipinski definition) is 0. The Balaban J connectivity index is 2.42. The topological polar surface area (TPSA) is 23.6 Å². The van der Waals surface area contributed by atoms with Gasteiger partial charge in [0.25, 0.3) is 5.91 Å². The number of amides is 1. The zero-order valence-corrected chi connectivity index (χ0v) is 9.52. The van der Waals surface area contributed by atoms with E-state index in [2.05, 4.69) is 24.5 Å². The van der Waals surface area contributed by atoms with Crippen LogP contribution in [0.4, 0.5) is 11.4 Å². The summed E-state index contributed by atoms with van der Waals surface area (Å²) >= 11 is 0. The molecule has 0 radical (unpaired) electrons. The van der Waals surface area contributed by atoms with Crippen LogP contribution in [0, 0.1) is 0 Å². The molecule has 0 spiro atoms. The Morgan fingerprint density at radius 3 is 2.69 bits per heavy atom. The summed E-state index contributed by atoms with van der Waals surface area (Å²) in [6, 6.07) is 8.00. The minimum Gasteiger partial charge on any atom is -0.368 e. The summed E-state index contributed by atoms with van der Waals surface area (Å²) < 4.78 is 0. The number of carbonyl (C=O) groups excluding carboxylic acids is 1. The van der Waals surface area contributed by atoms with Crippen molar-refractivity contribution in [3.63, 3.8) is 0 Å². The third-order valence-corrected chi connectivity index (χ3v) is 2.93. The summed E-state index contributed by atoms with van der Waals surface area (Å²) in [5.74, 6) is -0.0248. The second-order valence-corrected chi connectivity index (χ2v) is 3.76. The average Bonchev–Trinajstić information content (AvgIpc) is 2.36. The molecule has 1 aliphatic heterocycles. The van der Waals surface area contributed by atoms with Gasteiger partial charge in [-0.3, -0.25) is 4.79 Å². The zero-order valence-electron chi connectivity index (χ0n) is 9.52. The maximum atomic E-state index is 11.7. The molecule has 1 amide bonds. The SMILES string of the molecule is C=CC(=O)N1CCN(CC)c2ccccc21. The summed E-state index contributed by atoms with van der Waals surface area (Å²) in [6.45, 7) is 8.25. The quantitative estimate of drug-likeness (QED) is 0.706. The van der Waals surface area contributed by atoms with Crippen LogP contribution in [0.5, 0.6) is 0 Å². The van der Waals surface area contributed by atoms with E-state index >= 15 is 0 Å².